The molecule has 1 aromatic carbocycles. The Morgan fingerprint density at radius 1 is 1.13 bits per heavy atom. The molecule has 3 N–H and O–H groups in total. The van der Waals surface area contributed by atoms with Gasteiger partial charge in [0, 0.05) is 33.0 Å². The molecule has 0 bridgehead atoms. The first kappa shape index (κ1) is 23.2. The minimum atomic E-state index is -0.606. The van der Waals surface area contributed by atoms with E-state index < -0.39 is 17.6 Å². The zero-order chi connectivity index (χ0) is 22.8. The first-order valence-electron chi connectivity index (χ1n) is 10.6. The largest absolute Gasteiger partial charge is 0.490 e. The van der Waals surface area contributed by atoms with Gasteiger partial charge in [0.25, 0.3) is 5.91 Å². The molecule has 0 spiro atoms. The maximum Gasteiger partial charge on any atom is 0.255 e. The number of nitrogens with one attached hydrogen (secondary N) is 1. The molecule has 31 heavy (non-hydrogen) atoms. The van der Waals surface area contributed by atoms with Gasteiger partial charge >= 0.3 is 0 Å². The molecule has 0 saturated carbocycles. The fourth-order valence-corrected chi connectivity index (χ4v) is 3.78. The van der Waals surface area contributed by atoms with Gasteiger partial charge in [0.1, 0.15) is 17.9 Å². The number of fused-ring (bicyclic) bond motifs is 1. The highest BCUT2D eigenvalue weighted by molar-refractivity contribution is 6.05. The number of ether oxygens (including phenoxy) is 1. The van der Waals surface area contributed by atoms with Crippen LogP contribution in [0.5, 0.6) is 5.75 Å². The van der Waals surface area contributed by atoms with Gasteiger partial charge < -0.3 is 20.0 Å². The maximum absolute atomic E-state index is 12.6. The number of amides is 3. The molecule has 172 valence electrons. The highest BCUT2D eigenvalue weighted by Gasteiger charge is 2.39. The first-order chi connectivity index (χ1) is 14.5. The van der Waals surface area contributed by atoms with Crippen molar-refractivity contribution < 1.29 is 30.9 Å². The lowest BCUT2D eigenvalue weighted by molar-refractivity contribution is -0.136. The van der Waals surface area contributed by atoms with Crippen LogP contribution in [0.15, 0.2) is 18.2 Å². The predicted molar refractivity (Wildman–Crippen MR) is 114 cm³/mol. The molecule has 2 fully saturated rings. The van der Waals surface area contributed by atoms with E-state index in [9.17, 15) is 19.6 Å². The third kappa shape index (κ3) is 6.25. The highest BCUT2D eigenvalue weighted by atomic mass is 16.5. The molecule has 0 radical (unpaired) electrons. The standard InChI is InChI=1S/C18H21N3O5.C4H10O.H2/c22-16-4-3-15(17(23)19-16)21-10-11-9-13(1-2-14(11)18(21)24)26-12-5-7-20(25)8-6-12;1-4(2,3)5;/h1-2,9,12,15,25H,3-8,10H2,(H,19,22,23);5H,1-3H3;1H. The van der Waals surface area contributed by atoms with E-state index >= 15 is 0 Å². The molecular weight excluding hydrogens is 402 g/mol. The minimum Gasteiger partial charge on any atom is -0.490 e. The molecule has 4 rings (SSSR count). The van der Waals surface area contributed by atoms with Crippen molar-refractivity contribution in [3.8, 4) is 5.75 Å². The van der Waals surface area contributed by atoms with Gasteiger partial charge in [-0.1, -0.05) is 0 Å². The van der Waals surface area contributed by atoms with Gasteiger partial charge in [0.2, 0.25) is 11.8 Å². The Balaban J connectivity index is 0.000000548. The van der Waals surface area contributed by atoms with Gasteiger partial charge in [-0.05, 0) is 63.8 Å². The van der Waals surface area contributed by atoms with Crippen LogP contribution in [-0.4, -0.2) is 68.8 Å². The molecule has 1 unspecified atom stereocenters. The number of rotatable bonds is 3. The minimum absolute atomic E-state index is 0. The van der Waals surface area contributed by atoms with E-state index in [1.54, 1.807) is 32.9 Å². The number of imide groups is 1. The second kappa shape index (κ2) is 9.33. The van der Waals surface area contributed by atoms with E-state index in [-0.39, 0.29) is 25.8 Å². The van der Waals surface area contributed by atoms with E-state index in [0.717, 1.165) is 18.4 Å². The zero-order valence-electron chi connectivity index (χ0n) is 18.3. The van der Waals surface area contributed by atoms with E-state index in [0.29, 0.717) is 37.4 Å². The Hall–Kier alpha value is -2.49. The monoisotopic (exact) mass is 435 g/mol. The molecule has 1 aromatic rings. The average Bonchev–Trinajstić information content (AvgIpc) is 2.98. The lowest BCUT2D eigenvalue weighted by Gasteiger charge is -2.29. The molecule has 3 aliphatic heterocycles. The van der Waals surface area contributed by atoms with Crippen molar-refractivity contribution in [3.63, 3.8) is 0 Å². The topological polar surface area (TPSA) is 119 Å². The van der Waals surface area contributed by atoms with Crippen LogP contribution >= 0.6 is 0 Å². The van der Waals surface area contributed by atoms with E-state index in [1.807, 2.05) is 6.07 Å². The Kier molecular flexibility index (Phi) is 6.98. The van der Waals surface area contributed by atoms with Crippen LogP contribution in [0.3, 0.4) is 0 Å². The SMILES string of the molecule is CC(C)(C)O.O=C1CCC(N2Cc3cc(OC4CCN(O)CC4)ccc3C2=O)C(=O)N1.[HH]. The van der Waals surface area contributed by atoms with Crippen molar-refractivity contribution in [1.29, 1.82) is 0 Å². The summed E-state index contributed by atoms with van der Waals surface area (Å²) in [4.78, 5) is 37.6. The van der Waals surface area contributed by atoms with Crippen LogP contribution in [0.1, 0.15) is 63.8 Å². The van der Waals surface area contributed by atoms with Crippen molar-refractivity contribution >= 4 is 17.7 Å². The number of aliphatic hydroxyl groups is 1. The van der Waals surface area contributed by atoms with Crippen LogP contribution in [0.2, 0.25) is 0 Å². The van der Waals surface area contributed by atoms with Crippen molar-refractivity contribution in [2.75, 3.05) is 13.1 Å². The lowest BCUT2D eigenvalue weighted by atomic mass is 10.0. The zero-order valence-corrected chi connectivity index (χ0v) is 18.3. The molecular formula is C22H33N3O6. The Bertz CT molecular complexity index is 843. The van der Waals surface area contributed by atoms with Gasteiger partial charge in [-0.2, -0.15) is 5.06 Å². The molecule has 3 amide bonds. The smallest absolute Gasteiger partial charge is 0.255 e. The summed E-state index contributed by atoms with van der Waals surface area (Å²) in [5.74, 6) is -0.192. The number of hydroxylamine groups is 2. The van der Waals surface area contributed by atoms with Crippen molar-refractivity contribution in [2.45, 2.75) is 70.7 Å². The third-order valence-corrected chi connectivity index (χ3v) is 5.22. The molecule has 9 nitrogen and oxygen atoms in total. The molecule has 1 atom stereocenters. The van der Waals surface area contributed by atoms with Crippen LogP contribution in [0.4, 0.5) is 0 Å². The van der Waals surface area contributed by atoms with Crippen LogP contribution in [0.25, 0.3) is 0 Å². The highest BCUT2D eigenvalue weighted by Crippen LogP contribution is 2.31. The second-order valence-electron chi connectivity index (χ2n) is 9.16. The number of nitrogens with zero attached hydrogens (tertiary/aromatic N) is 2. The number of hydrogen-bond donors (Lipinski definition) is 3. The van der Waals surface area contributed by atoms with Gasteiger partial charge in [0.05, 0.1) is 5.60 Å². The quantitative estimate of drug-likeness (QED) is 0.618. The summed E-state index contributed by atoms with van der Waals surface area (Å²) in [7, 11) is 0. The summed E-state index contributed by atoms with van der Waals surface area (Å²) < 4.78 is 5.99. The summed E-state index contributed by atoms with van der Waals surface area (Å²) in [5.41, 5.74) is 0.907. The normalized spacial score (nSPS) is 22.5. The van der Waals surface area contributed by atoms with Gasteiger partial charge in [-0.25, -0.2) is 0 Å². The number of hydrogen-bond acceptors (Lipinski definition) is 7. The van der Waals surface area contributed by atoms with Crippen LogP contribution in [-0.2, 0) is 16.1 Å². The number of piperidine rings is 2. The second-order valence-corrected chi connectivity index (χ2v) is 9.16. The van der Waals surface area contributed by atoms with Crippen molar-refractivity contribution in [2.24, 2.45) is 0 Å². The molecule has 3 heterocycles. The first-order valence-corrected chi connectivity index (χ1v) is 10.6. The van der Waals surface area contributed by atoms with Gasteiger partial charge in [-0.3, -0.25) is 19.7 Å². The van der Waals surface area contributed by atoms with Gasteiger partial charge in [-0.15, -0.1) is 0 Å². The van der Waals surface area contributed by atoms with E-state index in [1.165, 1.54) is 9.96 Å². The summed E-state index contributed by atoms with van der Waals surface area (Å²) >= 11 is 0. The van der Waals surface area contributed by atoms with Crippen molar-refractivity contribution in [3.05, 3.63) is 29.3 Å². The number of carbonyl (C=O) groups excluding carboxylic acids is 3. The lowest BCUT2D eigenvalue weighted by Crippen LogP contribution is -2.52. The summed E-state index contributed by atoms with van der Waals surface area (Å²) in [6.45, 7) is 6.73. The Morgan fingerprint density at radius 2 is 1.77 bits per heavy atom. The van der Waals surface area contributed by atoms with E-state index in [4.69, 9.17) is 9.84 Å². The van der Waals surface area contributed by atoms with Crippen LogP contribution < -0.4 is 10.1 Å². The summed E-state index contributed by atoms with van der Waals surface area (Å²) in [5, 5.41) is 21.5. The van der Waals surface area contributed by atoms with Crippen LogP contribution in [0, 0.1) is 0 Å². The maximum atomic E-state index is 12.6. The number of benzene rings is 1. The molecule has 2 saturated heterocycles. The molecule has 9 heteroatoms. The van der Waals surface area contributed by atoms with E-state index in [2.05, 4.69) is 5.32 Å². The third-order valence-electron chi connectivity index (χ3n) is 5.22. The van der Waals surface area contributed by atoms with Crippen molar-refractivity contribution in [1.82, 2.24) is 15.3 Å². The summed E-state index contributed by atoms with van der Waals surface area (Å²) in [6, 6.07) is 4.76. The summed E-state index contributed by atoms with van der Waals surface area (Å²) in [6.07, 6.45) is 2.13. The fourth-order valence-electron chi connectivity index (χ4n) is 3.78. The fraction of sp³-hybridized carbons (Fsp3) is 0.591. The van der Waals surface area contributed by atoms with Gasteiger partial charge in [0.15, 0.2) is 0 Å². The molecule has 0 aliphatic carbocycles. The molecule has 0 aromatic heterocycles. The molecule has 3 aliphatic rings. The Morgan fingerprint density at radius 3 is 2.39 bits per heavy atom. The number of carbonyl (C=O) groups is 3. The predicted octanol–water partition coefficient (Wildman–Crippen LogP) is 1.70. The average molecular weight is 436 g/mol. The Labute approximate surface area is 183 Å².